The highest BCUT2D eigenvalue weighted by Crippen LogP contribution is 2.31. The minimum absolute atomic E-state index is 0.162. The van der Waals surface area contributed by atoms with Gasteiger partial charge in [-0.3, -0.25) is 0 Å². The van der Waals surface area contributed by atoms with Gasteiger partial charge < -0.3 is 14.9 Å². The molecular formula is C14H17BrO5. The largest absolute Gasteiger partial charge is 0.492 e. The minimum atomic E-state index is -1.30. The molecule has 0 atom stereocenters. The van der Waals surface area contributed by atoms with Crippen LogP contribution >= 0.6 is 15.9 Å². The molecule has 110 valence electrons. The molecule has 2 N–H and O–H groups in total. The Morgan fingerprint density at radius 3 is 2.40 bits per heavy atom. The molecule has 0 spiro atoms. The molecule has 0 aliphatic heterocycles. The summed E-state index contributed by atoms with van der Waals surface area (Å²) in [5.74, 6) is -1.67. The molecule has 1 aromatic carbocycles. The molecule has 0 aromatic heterocycles. The minimum Gasteiger partial charge on any atom is -0.492 e. The van der Waals surface area contributed by atoms with Crippen LogP contribution in [0.1, 0.15) is 47.4 Å². The van der Waals surface area contributed by atoms with Gasteiger partial charge in [-0.15, -0.1) is 0 Å². The molecule has 0 heterocycles. The molecule has 20 heavy (non-hydrogen) atoms. The summed E-state index contributed by atoms with van der Waals surface area (Å²) in [5.41, 5.74) is -0.558. The lowest BCUT2D eigenvalue weighted by Gasteiger charge is -2.12. The van der Waals surface area contributed by atoms with Gasteiger partial charge in [0.05, 0.1) is 22.2 Å². The third-order valence-electron chi connectivity index (χ3n) is 2.73. The van der Waals surface area contributed by atoms with Crippen LogP contribution in [0.25, 0.3) is 0 Å². The van der Waals surface area contributed by atoms with Crippen molar-refractivity contribution >= 4 is 27.9 Å². The van der Waals surface area contributed by atoms with Crippen LogP contribution in [0.3, 0.4) is 0 Å². The van der Waals surface area contributed by atoms with E-state index in [1.165, 1.54) is 12.1 Å². The summed E-state index contributed by atoms with van der Waals surface area (Å²) >= 11 is 3.11. The van der Waals surface area contributed by atoms with Crippen molar-refractivity contribution in [2.75, 3.05) is 6.61 Å². The standard InChI is InChI=1S/C14H17BrO5/c1-8(2)4-3-7-20-10-6-5-9(13(16)17)11(12(10)15)14(18)19/h5-6,8H,3-4,7H2,1-2H3,(H,16,17)(H,18,19). The quantitative estimate of drug-likeness (QED) is 0.737. The number of benzene rings is 1. The zero-order valence-electron chi connectivity index (χ0n) is 11.4. The highest BCUT2D eigenvalue weighted by Gasteiger charge is 2.22. The van der Waals surface area contributed by atoms with Gasteiger partial charge >= 0.3 is 11.9 Å². The average Bonchev–Trinajstić information content (AvgIpc) is 2.34. The zero-order valence-corrected chi connectivity index (χ0v) is 12.9. The number of halogens is 1. The van der Waals surface area contributed by atoms with E-state index in [-0.39, 0.29) is 15.6 Å². The van der Waals surface area contributed by atoms with Crippen molar-refractivity contribution in [3.63, 3.8) is 0 Å². The van der Waals surface area contributed by atoms with Crippen LogP contribution in [0.5, 0.6) is 5.75 Å². The van der Waals surface area contributed by atoms with Crippen molar-refractivity contribution in [2.24, 2.45) is 5.92 Å². The summed E-state index contributed by atoms with van der Waals surface area (Å²) in [5, 5.41) is 18.1. The number of carbonyl (C=O) groups is 2. The van der Waals surface area contributed by atoms with E-state index in [9.17, 15) is 9.59 Å². The Kier molecular flexibility index (Phi) is 6.01. The maximum absolute atomic E-state index is 11.2. The lowest BCUT2D eigenvalue weighted by molar-refractivity contribution is 0.0650. The molecule has 0 aliphatic carbocycles. The van der Waals surface area contributed by atoms with Gasteiger partial charge in [-0.25, -0.2) is 9.59 Å². The van der Waals surface area contributed by atoms with E-state index in [4.69, 9.17) is 14.9 Å². The van der Waals surface area contributed by atoms with Crippen LogP contribution in [0, 0.1) is 5.92 Å². The molecule has 1 aromatic rings. The molecule has 0 fully saturated rings. The zero-order chi connectivity index (χ0) is 15.3. The van der Waals surface area contributed by atoms with Gasteiger partial charge in [0.1, 0.15) is 5.75 Å². The van der Waals surface area contributed by atoms with Crippen LogP contribution in [-0.2, 0) is 0 Å². The van der Waals surface area contributed by atoms with E-state index in [1.54, 1.807) is 0 Å². The second kappa shape index (κ2) is 7.28. The van der Waals surface area contributed by atoms with Crippen LogP contribution < -0.4 is 4.74 Å². The van der Waals surface area contributed by atoms with Gasteiger partial charge in [0.2, 0.25) is 0 Å². The molecular weight excluding hydrogens is 328 g/mol. The molecule has 0 amide bonds. The maximum atomic E-state index is 11.2. The normalized spacial score (nSPS) is 10.6. The molecule has 1 rings (SSSR count). The Bertz CT molecular complexity index is 511. The monoisotopic (exact) mass is 344 g/mol. The van der Waals surface area contributed by atoms with E-state index >= 15 is 0 Å². The van der Waals surface area contributed by atoms with Gasteiger partial charge in [-0.05, 0) is 46.8 Å². The second-order valence-electron chi connectivity index (χ2n) is 4.80. The lowest BCUT2D eigenvalue weighted by Crippen LogP contribution is -2.10. The summed E-state index contributed by atoms with van der Waals surface area (Å²) in [6.07, 6.45) is 1.86. The molecule has 0 saturated heterocycles. The van der Waals surface area contributed by atoms with Gasteiger partial charge in [0.15, 0.2) is 0 Å². The van der Waals surface area contributed by atoms with Crippen molar-refractivity contribution in [3.8, 4) is 5.75 Å². The number of rotatable bonds is 7. The Morgan fingerprint density at radius 1 is 1.25 bits per heavy atom. The summed E-state index contributed by atoms with van der Waals surface area (Å²) in [4.78, 5) is 22.2. The van der Waals surface area contributed by atoms with Crippen molar-refractivity contribution in [3.05, 3.63) is 27.7 Å². The molecule has 6 heteroatoms. The van der Waals surface area contributed by atoms with E-state index in [1.807, 2.05) is 0 Å². The van der Waals surface area contributed by atoms with Gasteiger partial charge in [0, 0.05) is 0 Å². The molecule has 0 saturated carbocycles. The average molecular weight is 345 g/mol. The van der Waals surface area contributed by atoms with Gasteiger partial charge in [-0.2, -0.15) is 0 Å². The summed E-state index contributed by atoms with van der Waals surface area (Å²) in [6.45, 7) is 4.68. The van der Waals surface area contributed by atoms with Gasteiger partial charge in [-0.1, -0.05) is 13.8 Å². The number of carboxylic acids is 2. The summed E-state index contributed by atoms with van der Waals surface area (Å²) < 4.78 is 5.67. The highest BCUT2D eigenvalue weighted by atomic mass is 79.9. The number of hydrogen-bond donors (Lipinski definition) is 2. The predicted octanol–water partition coefficient (Wildman–Crippen LogP) is 3.66. The Morgan fingerprint density at radius 2 is 1.90 bits per heavy atom. The first-order valence-electron chi connectivity index (χ1n) is 6.26. The van der Waals surface area contributed by atoms with Gasteiger partial charge in [0.25, 0.3) is 0 Å². The molecule has 0 bridgehead atoms. The fourth-order valence-electron chi connectivity index (χ4n) is 1.73. The third-order valence-corrected chi connectivity index (χ3v) is 3.52. The highest BCUT2D eigenvalue weighted by molar-refractivity contribution is 9.10. The summed E-state index contributed by atoms with van der Waals surface area (Å²) in [7, 11) is 0. The first-order chi connectivity index (χ1) is 9.34. The number of aromatic carboxylic acids is 2. The third kappa shape index (κ3) is 4.23. The number of ether oxygens (including phenoxy) is 1. The van der Waals surface area contributed by atoms with E-state index < -0.39 is 11.9 Å². The van der Waals surface area contributed by atoms with Crippen LogP contribution in [-0.4, -0.2) is 28.8 Å². The predicted molar refractivity (Wildman–Crippen MR) is 77.6 cm³/mol. The SMILES string of the molecule is CC(C)CCCOc1ccc(C(=O)O)c(C(=O)O)c1Br. The molecule has 0 aliphatic rings. The van der Waals surface area contributed by atoms with Crippen molar-refractivity contribution in [1.29, 1.82) is 0 Å². The Balaban J connectivity index is 2.91. The molecule has 0 unspecified atom stereocenters. The Hall–Kier alpha value is -1.56. The Labute approximate surface area is 125 Å². The maximum Gasteiger partial charge on any atom is 0.337 e. The molecule has 0 radical (unpaired) electrons. The smallest absolute Gasteiger partial charge is 0.337 e. The number of carboxylic acid groups (broad SMARTS) is 2. The fourth-order valence-corrected chi connectivity index (χ4v) is 2.36. The first-order valence-corrected chi connectivity index (χ1v) is 7.05. The lowest BCUT2D eigenvalue weighted by atomic mass is 10.1. The van der Waals surface area contributed by atoms with Crippen LogP contribution in [0.15, 0.2) is 16.6 Å². The van der Waals surface area contributed by atoms with Crippen molar-refractivity contribution in [1.82, 2.24) is 0 Å². The molecule has 5 nitrogen and oxygen atoms in total. The van der Waals surface area contributed by atoms with E-state index in [2.05, 4.69) is 29.8 Å². The second-order valence-corrected chi connectivity index (χ2v) is 5.59. The number of hydrogen-bond acceptors (Lipinski definition) is 3. The van der Waals surface area contributed by atoms with E-state index in [0.717, 1.165) is 12.8 Å². The van der Waals surface area contributed by atoms with E-state index in [0.29, 0.717) is 18.3 Å². The first kappa shape index (κ1) is 16.5. The summed E-state index contributed by atoms with van der Waals surface area (Å²) in [6, 6.07) is 2.71. The van der Waals surface area contributed by atoms with Crippen molar-refractivity contribution in [2.45, 2.75) is 26.7 Å². The van der Waals surface area contributed by atoms with Crippen molar-refractivity contribution < 1.29 is 24.5 Å². The topological polar surface area (TPSA) is 83.8 Å². The van der Waals surface area contributed by atoms with Crippen LogP contribution in [0.2, 0.25) is 0 Å². The van der Waals surface area contributed by atoms with Crippen LogP contribution in [0.4, 0.5) is 0 Å². The fraction of sp³-hybridized carbons (Fsp3) is 0.429.